The summed E-state index contributed by atoms with van der Waals surface area (Å²) in [5.74, 6) is 0. The first-order valence-electron chi connectivity index (χ1n) is 4.42. The van der Waals surface area contributed by atoms with Crippen molar-refractivity contribution >= 4 is 31.4 Å². The number of sulfonamides is 1. The molecule has 0 radical (unpaired) electrons. The summed E-state index contributed by atoms with van der Waals surface area (Å²) in [4.78, 5) is -3.46. The first-order valence-corrected chi connectivity index (χ1v) is 7.88. The molecule has 1 aromatic carbocycles. The molecule has 108 valence electrons. The number of rotatable bonds is 3. The Balaban J connectivity index is 3.61. The van der Waals surface area contributed by atoms with E-state index in [0.29, 0.717) is 0 Å². The molecule has 1 rings (SSSR count). The molecular formula is C8H6ClF4NO3S2. The van der Waals surface area contributed by atoms with Gasteiger partial charge in [-0.15, -0.1) is 0 Å². The van der Waals surface area contributed by atoms with Gasteiger partial charge in [-0.05, 0) is 12.1 Å². The van der Waals surface area contributed by atoms with Crippen LogP contribution in [0.4, 0.5) is 17.6 Å². The van der Waals surface area contributed by atoms with Gasteiger partial charge < -0.3 is 0 Å². The zero-order chi connectivity index (χ0) is 14.9. The molecule has 2 atom stereocenters. The van der Waals surface area contributed by atoms with Crippen molar-refractivity contribution in [1.29, 1.82) is 0 Å². The van der Waals surface area contributed by atoms with Gasteiger partial charge in [-0.1, -0.05) is 33.6 Å². The summed E-state index contributed by atoms with van der Waals surface area (Å²) in [5, 5.41) is 0. The van der Waals surface area contributed by atoms with Gasteiger partial charge in [0.2, 0.25) is 0 Å². The van der Waals surface area contributed by atoms with Gasteiger partial charge in [0.25, 0.3) is 4.96 Å². The van der Waals surface area contributed by atoms with Crippen molar-refractivity contribution in [1.82, 2.24) is 0 Å². The number of benzene rings is 1. The van der Waals surface area contributed by atoms with E-state index in [2.05, 4.69) is 3.77 Å². The SMILES string of the molecule is O=S(=O)(N=S(=O)(c1ccccc1)C(F)Cl)C(F)(F)F. The van der Waals surface area contributed by atoms with E-state index in [4.69, 9.17) is 11.6 Å². The van der Waals surface area contributed by atoms with E-state index in [1.807, 2.05) is 0 Å². The zero-order valence-corrected chi connectivity index (χ0v) is 11.2. The van der Waals surface area contributed by atoms with Crippen LogP contribution in [0.1, 0.15) is 0 Å². The van der Waals surface area contributed by atoms with Gasteiger partial charge >= 0.3 is 15.5 Å². The fraction of sp³-hybridized carbons (Fsp3) is 0.250. The summed E-state index contributed by atoms with van der Waals surface area (Å²) in [6, 6.07) is 5.79. The smallest absolute Gasteiger partial charge is 0.239 e. The van der Waals surface area contributed by atoms with Crippen LogP contribution in [0.25, 0.3) is 0 Å². The fourth-order valence-corrected chi connectivity index (χ4v) is 4.44. The summed E-state index contributed by atoms with van der Waals surface area (Å²) in [6.45, 7) is 0. The molecule has 2 unspecified atom stereocenters. The van der Waals surface area contributed by atoms with E-state index >= 15 is 0 Å². The highest BCUT2D eigenvalue weighted by Crippen LogP contribution is 2.30. The maximum Gasteiger partial charge on any atom is 0.519 e. The van der Waals surface area contributed by atoms with Gasteiger partial charge in [-0.3, -0.25) is 0 Å². The van der Waals surface area contributed by atoms with Crippen LogP contribution in [-0.4, -0.2) is 23.1 Å². The molecule has 1 aromatic rings. The molecule has 19 heavy (non-hydrogen) atoms. The first kappa shape index (κ1) is 16.2. The van der Waals surface area contributed by atoms with Gasteiger partial charge in [-0.2, -0.15) is 21.6 Å². The van der Waals surface area contributed by atoms with Crippen LogP contribution in [0.15, 0.2) is 39.0 Å². The molecule has 0 fully saturated rings. The van der Waals surface area contributed by atoms with E-state index in [1.54, 1.807) is 0 Å². The molecule has 0 saturated heterocycles. The van der Waals surface area contributed by atoms with Crippen LogP contribution in [0.2, 0.25) is 0 Å². The average Bonchev–Trinajstić information content (AvgIpc) is 2.27. The number of hydrogen-bond acceptors (Lipinski definition) is 3. The Kier molecular flexibility index (Phi) is 4.47. The molecule has 0 amide bonds. The number of hydrogen-bond donors (Lipinski definition) is 0. The molecule has 4 nitrogen and oxygen atoms in total. The molecule has 0 aromatic heterocycles. The van der Waals surface area contributed by atoms with Crippen LogP contribution >= 0.6 is 11.6 Å². The summed E-state index contributed by atoms with van der Waals surface area (Å²) < 4.78 is 85.5. The molecule has 0 aliphatic heterocycles. The van der Waals surface area contributed by atoms with Crippen LogP contribution in [0.5, 0.6) is 0 Å². The van der Waals surface area contributed by atoms with Gasteiger partial charge in [0, 0.05) is 0 Å². The third-order valence-electron chi connectivity index (χ3n) is 1.82. The first-order chi connectivity index (χ1) is 8.51. The van der Waals surface area contributed by atoms with Crippen LogP contribution < -0.4 is 0 Å². The maximum absolute atomic E-state index is 13.1. The molecule has 0 aliphatic carbocycles. The average molecular weight is 340 g/mol. The normalized spacial score (nSPS) is 17.5. The lowest BCUT2D eigenvalue weighted by Gasteiger charge is -2.11. The Hall–Kier alpha value is -0.870. The molecule has 11 heteroatoms. The highest BCUT2D eigenvalue weighted by atomic mass is 35.5. The Labute approximate surface area is 111 Å². The lowest BCUT2D eigenvalue weighted by atomic mass is 10.4. The third kappa shape index (κ3) is 3.37. The van der Waals surface area contributed by atoms with Crippen LogP contribution in [-0.2, 0) is 19.8 Å². The predicted molar refractivity (Wildman–Crippen MR) is 61.0 cm³/mol. The standard InChI is InChI=1S/C8H6ClF4NO3S2/c9-7(10)18(15,6-4-2-1-3-5-6)14-19(16,17)8(11,12)13/h1-5,7H. The minimum Gasteiger partial charge on any atom is -0.239 e. The molecule has 0 saturated carbocycles. The van der Waals surface area contributed by atoms with Crippen molar-refractivity contribution in [3.63, 3.8) is 0 Å². The Morgan fingerprint density at radius 2 is 1.58 bits per heavy atom. The predicted octanol–water partition coefficient (Wildman–Crippen LogP) is 2.86. The summed E-state index contributed by atoms with van der Waals surface area (Å²) in [5.41, 5.74) is -5.78. The van der Waals surface area contributed by atoms with Crippen molar-refractivity contribution in [3.05, 3.63) is 30.3 Å². The van der Waals surface area contributed by atoms with Crippen molar-refractivity contribution in [3.8, 4) is 0 Å². The lowest BCUT2D eigenvalue weighted by molar-refractivity contribution is -0.0434. The topological polar surface area (TPSA) is 63.6 Å². The second kappa shape index (κ2) is 5.25. The largest absolute Gasteiger partial charge is 0.519 e. The van der Waals surface area contributed by atoms with Gasteiger partial charge in [0.15, 0.2) is 0 Å². The Morgan fingerprint density at radius 3 is 1.95 bits per heavy atom. The zero-order valence-electron chi connectivity index (χ0n) is 8.84. The van der Waals surface area contributed by atoms with Crippen molar-refractivity contribution in [2.75, 3.05) is 0 Å². The number of nitrogens with zero attached hydrogens (tertiary/aromatic N) is 1. The molecule has 0 bridgehead atoms. The maximum atomic E-state index is 13.1. The lowest BCUT2D eigenvalue weighted by Crippen LogP contribution is -2.24. The summed E-state index contributed by atoms with van der Waals surface area (Å²) in [6.07, 6.45) is 0. The monoisotopic (exact) mass is 339 g/mol. The third-order valence-corrected chi connectivity index (χ3v) is 6.23. The second-order valence-corrected chi connectivity index (χ2v) is 7.81. The van der Waals surface area contributed by atoms with Gasteiger partial charge in [0.05, 0.1) is 4.90 Å². The number of alkyl halides is 5. The van der Waals surface area contributed by atoms with Crippen molar-refractivity contribution in [2.45, 2.75) is 15.4 Å². The van der Waals surface area contributed by atoms with E-state index in [-0.39, 0.29) is 0 Å². The fourth-order valence-electron chi connectivity index (χ4n) is 0.982. The van der Waals surface area contributed by atoms with E-state index < -0.39 is 35.1 Å². The van der Waals surface area contributed by atoms with E-state index in [0.717, 1.165) is 12.1 Å². The molecule has 0 heterocycles. The molecule has 0 spiro atoms. The Morgan fingerprint density at radius 1 is 1.11 bits per heavy atom. The molecule has 0 aliphatic rings. The quantitative estimate of drug-likeness (QED) is 0.628. The molecular weight excluding hydrogens is 334 g/mol. The van der Waals surface area contributed by atoms with E-state index in [9.17, 15) is 30.2 Å². The Bertz CT molecular complexity index is 663. The van der Waals surface area contributed by atoms with Crippen LogP contribution in [0.3, 0.4) is 0 Å². The minimum absolute atomic E-state index is 0.551. The summed E-state index contributed by atoms with van der Waals surface area (Å²) >= 11 is 4.91. The van der Waals surface area contributed by atoms with Gasteiger partial charge in [0.1, 0.15) is 9.73 Å². The molecule has 0 N–H and O–H groups in total. The van der Waals surface area contributed by atoms with E-state index in [1.165, 1.54) is 18.2 Å². The van der Waals surface area contributed by atoms with Crippen molar-refractivity contribution in [2.24, 2.45) is 3.77 Å². The van der Waals surface area contributed by atoms with Crippen LogP contribution in [0, 0.1) is 0 Å². The van der Waals surface area contributed by atoms with Crippen molar-refractivity contribution < 1.29 is 30.2 Å². The highest BCUT2D eigenvalue weighted by Gasteiger charge is 2.48. The highest BCUT2D eigenvalue weighted by molar-refractivity contribution is 8.04. The number of halogens is 5. The summed E-state index contributed by atoms with van der Waals surface area (Å²) in [7, 11) is -10.7. The second-order valence-electron chi connectivity index (χ2n) is 3.14. The van der Waals surface area contributed by atoms with Gasteiger partial charge in [-0.25, -0.2) is 8.60 Å². The minimum atomic E-state index is -6.12.